The Morgan fingerprint density at radius 3 is 0.872 bits per heavy atom. The molecule has 0 rings (SSSR count). The van der Waals surface area contributed by atoms with Crippen molar-refractivity contribution in [3.05, 3.63) is 0 Å². The van der Waals surface area contributed by atoms with Crippen LogP contribution in [-0.4, -0.2) is 35.1 Å². The molecule has 0 aliphatic heterocycles. The largest absolute Gasteiger partial charge is 0.481 e. The molecule has 282 valence electrons. The van der Waals surface area contributed by atoms with Crippen LogP contribution in [0.4, 0.5) is 0 Å². The minimum absolute atomic E-state index is 0.316. The van der Waals surface area contributed by atoms with Crippen LogP contribution in [-0.2, 0) is 4.79 Å². The van der Waals surface area contributed by atoms with Gasteiger partial charge in [-0.25, -0.2) is 0 Å². The molecular weight excluding hydrogens is 574 g/mol. The van der Waals surface area contributed by atoms with Gasteiger partial charge in [0.2, 0.25) is 0 Å². The lowest BCUT2D eigenvalue weighted by Crippen LogP contribution is -2.35. The molecule has 0 aromatic heterocycles. The van der Waals surface area contributed by atoms with E-state index in [4.69, 9.17) is 5.11 Å². The van der Waals surface area contributed by atoms with Crippen LogP contribution < -0.4 is 0 Å². The van der Waals surface area contributed by atoms with E-state index in [1.54, 1.807) is 0 Å². The zero-order valence-electron chi connectivity index (χ0n) is 33.0. The summed E-state index contributed by atoms with van der Waals surface area (Å²) in [4.78, 5) is 13.7. The molecule has 0 fully saturated rings. The molecule has 0 aromatic carbocycles. The molecule has 0 spiro atoms. The Morgan fingerprint density at radius 2 is 0.638 bits per heavy atom. The van der Waals surface area contributed by atoms with Crippen molar-refractivity contribution in [2.45, 2.75) is 264 Å². The van der Waals surface area contributed by atoms with Gasteiger partial charge in [0.25, 0.3) is 0 Å². The number of hydrogen-bond acceptors (Lipinski definition) is 2. The summed E-state index contributed by atoms with van der Waals surface area (Å²) >= 11 is 0. The van der Waals surface area contributed by atoms with Gasteiger partial charge in [0.1, 0.15) is 0 Å². The second-order valence-corrected chi connectivity index (χ2v) is 15.5. The standard InChI is InChI=1S/C44H89NO2/c1-4-6-8-10-12-14-16-18-20-22-24-26-28-30-32-34-36-41-45(43(3)39-38-40-44(46)47)42-37-35-33-31-29-27-25-23-21-19-17-15-13-11-9-7-5-2/h43H,4-42H2,1-3H3,(H,46,47). The van der Waals surface area contributed by atoms with E-state index >= 15 is 0 Å². The Balaban J connectivity index is 3.79. The molecule has 0 aromatic rings. The number of carboxylic acids is 1. The molecule has 0 saturated heterocycles. The van der Waals surface area contributed by atoms with Gasteiger partial charge in [-0.05, 0) is 45.7 Å². The molecule has 3 nitrogen and oxygen atoms in total. The van der Waals surface area contributed by atoms with E-state index < -0.39 is 5.97 Å². The lowest BCUT2D eigenvalue weighted by atomic mass is 10.0. The van der Waals surface area contributed by atoms with E-state index in [2.05, 4.69) is 25.7 Å². The molecule has 1 unspecified atom stereocenters. The fourth-order valence-electron chi connectivity index (χ4n) is 7.36. The number of nitrogens with zero attached hydrogens (tertiary/aromatic N) is 1. The fourth-order valence-corrected chi connectivity index (χ4v) is 7.36. The van der Waals surface area contributed by atoms with Gasteiger partial charge in [0.05, 0.1) is 0 Å². The lowest BCUT2D eigenvalue weighted by molar-refractivity contribution is -0.137. The van der Waals surface area contributed by atoms with Crippen LogP contribution in [0.3, 0.4) is 0 Å². The van der Waals surface area contributed by atoms with Gasteiger partial charge in [0.15, 0.2) is 0 Å². The Hall–Kier alpha value is -0.570. The second kappa shape index (κ2) is 39.9. The SMILES string of the molecule is CCCCCCCCCCCCCCCCCCCN(CCCCCCCCCCCCCCCCCCC)C(C)CCCC(=O)O. The summed E-state index contributed by atoms with van der Waals surface area (Å²) in [6, 6.07) is 0.511. The van der Waals surface area contributed by atoms with Crippen LogP contribution in [0.2, 0.25) is 0 Å². The van der Waals surface area contributed by atoms with E-state index in [9.17, 15) is 4.79 Å². The molecule has 1 N–H and O–H groups in total. The third-order valence-corrected chi connectivity index (χ3v) is 10.7. The molecule has 47 heavy (non-hydrogen) atoms. The average Bonchev–Trinajstić information content (AvgIpc) is 3.06. The fraction of sp³-hybridized carbons (Fsp3) is 0.977. The molecule has 1 atom stereocenters. The van der Waals surface area contributed by atoms with E-state index in [0.29, 0.717) is 12.5 Å². The minimum Gasteiger partial charge on any atom is -0.481 e. The summed E-state index contributed by atoms with van der Waals surface area (Å²) in [5.41, 5.74) is 0. The maximum atomic E-state index is 11.0. The maximum Gasteiger partial charge on any atom is 0.303 e. The Kier molecular flexibility index (Phi) is 39.4. The number of hydrogen-bond donors (Lipinski definition) is 1. The topological polar surface area (TPSA) is 40.5 Å². The monoisotopic (exact) mass is 664 g/mol. The molecular formula is C44H89NO2. The van der Waals surface area contributed by atoms with Gasteiger partial charge in [0, 0.05) is 12.5 Å². The van der Waals surface area contributed by atoms with E-state index in [-0.39, 0.29) is 0 Å². The maximum absolute atomic E-state index is 11.0. The van der Waals surface area contributed by atoms with Crippen LogP contribution in [0.5, 0.6) is 0 Å². The first-order valence-corrected chi connectivity index (χ1v) is 22.1. The van der Waals surface area contributed by atoms with Gasteiger partial charge in [-0.2, -0.15) is 0 Å². The van der Waals surface area contributed by atoms with E-state index in [1.165, 1.54) is 231 Å². The highest BCUT2D eigenvalue weighted by molar-refractivity contribution is 5.66. The zero-order chi connectivity index (χ0) is 34.3. The number of carbonyl (C=O) groups is 1. The summed E-state index contributed by atoms with van der Waals surface area (Å²) in [7, 11) is 0. The Bertz CT molecular complexity index is 555. The van der Waals surface area contributed by atoms with E-state index in [1.807, 2.05) is 0 Å². The van der Waals surface area contributed by atoms with Crippen molar-refractivity contribution >= 4 is 5.97 Å². The molecule has 0 bridgehead atoms. The van der Waals surface area contributed by atoms with Crippen LogP contribution >= 0.6 is 0 Å². The van der Waals surface area contributed by atoms with Crippen molar-refractivity contribution in [3.63, 3.8) is 0 Å². The van der Waals surface area contributed by atoms with Crippen LogP contribution in [0.1, 0.15) is 258 Å². The minimum atomic E-state index is -0.648. The van der Waals surface area contributed by atoms with E-state index in [0.717, 1.165) is 12.8 Å². The second-order valence-electron chi connectivity index (χ2n) is 15.5. The molecule has 0 radical (unpaired) electrons. The summed E-state index contributed by atoms with van der Waals surface area (Å²) in [5.74, 6) is -0.648. The van der Waals surface area contributed by atoms with Gasteiger partial charge < -0.3 is 10.0 Å². The van der Waals surface area contributed by atoms with Gasteiger partial charge in [-0.1, -0.05) is 219 Å². The smallest absolute Gasteiger partial charge is 0.303 e. The van der Waals surface area contributed by atoms with Crippen LogP contribution in [0, 0.1) is 0 Å². The van der Waals surface area contributed by atoms with Gasteiger partial charge >= 0.3 is 5.97 Å². The first kappa shape index (κ1) is 46.4. The summed E-state index contributed by atoms with van der Waals surface area (Å²) in [5, 5.41) is 9.08. The van der Waals surface area contributed by atoms with Gasteiger partial charge in [-0.15, -0.1) is 0 Å². The number of unbranched alkanes of at least 4 members (excludes halogenated alkanes) is 32. The first-order chi connectivity index (χ1) is 23.1. The van der Waals surface area contributed by atoms with Crippen molar-refractivity contribution in [1.29, 1.82) is 0 Å². The quantitative estimate of drug-likeness (QED) is 0.0662. The van der Waals surface area contributed by atoms with Crippen LogP contribution in [0.25, 0.3) is 0 Å². The molecule has 0 aliphatic carbocycles. The molecule has 0 amide bonds. The summed E-state index contributed by atoms with van der Waals surface area (Å²) in [6.07, 6.45) is 50.5. The normalized spacial score (nSPS) is 12.3. The van der Waals surface area contributed by atoms with Crippen LogP contribution in [0.15, 0.2) is 0 Å². The number of rotatable bonds is 41. The summed E-state index contributed by atoms with van der Waals surface area (Å²) < 4.78 is 0. The average molecular weight is 664 g/mol. The molecule has 3 heteroatoms. The predicted molar refractivity (Wildman–Crippen MR) is 211 cm³/mol. The van der Waals surface area contributed by atoms with Gasteiger partial charge in [-0.3, -0.25) is 4.79 Å². The highest BCUT2D eigenvalue weighted by Gasteiger charge is 2.14. The lowest BCUT2D eigenvalue weighted by Gasteiger charge is -2.29. The van der Waals surface area contributed by atoms with Crippen molar-refractivity contribution in [2.75, 3.05) is 13.1 Å². The molecule has 0 heterocycles. The third-order valence-electron chi connectivity index (χ3n) is 10.7. The van der Waals surface area contributed by atoms with Crippen molar-refractivity contribution in [3.8, 4) is 0 Å². The number of carboxylic acid groups (broad SMARTS) is 1. The number of aliphatic carboxylic acids is 1. The van der Waals surface area contributed by atoms with Crippen molar-refractivity contribution in [2.24, 2.45) is 0 Å². The third kappa shape index (κ3) is 38.1. The van der Waals surface area contributed by atoms with Crippen molar-refractivity contribution < 1.29 is 9.90 Å². The first-order valence-electron chi connectivity index (χ1n) is 22.1. The highest BCUT2D eigenvalue weighted by Crippen LogP contribution is 2.17. The molecule has 0 aliphatic rings. The Labute approximate surface area is 297 Å². The predicted octanol–water partition coefficient (Wildman–Crippen LogP) is 15.2. The highest BCUT2D eigenvalue weighted by atomic mass is 16.4. The molecule has 0 saturated carbocycles. The zero-order valence-corrected chi connectivity index (χ0v) is 33.0. The Morgan fingerprint density at radius 1 is 0.404 bits per heavy atom. The van der Waals surface area contributed by atoms with Crippen molar-refractivity contribution in [1.82, 2.24) is 4.90 Å². The summed E-state index contributed by atoms with van der Waals surface area (Å²) in [6.45, 7) is 9.34.